The van der Waals surface area contributed by atoms with Gasteiger partial charge in [-0.3, -0.25) is 4.79 Å². The summed E-state index contributed by atoms with van der Waals surface area (Å²) in [6, 6.07) is 0.177. The first-order valence-corrected chi connectivity index (χ1v) is 8.56. The van der Waals surface area contributed by atoms with E-state index >= 15 is 0 Å². The van der Waals surface area contributed by atoms with Crippen molar-refractivity contribution in [2.75, 3.05) is 13.1 Å². The Bertz CT molecular complexity index is 817. The number of carbonyl (C=O) groups excluding carboxylic acids is 1. The van der Waals surface area contributed by atoms with Crippen LogP contribution < -0.4 is 10.6 Å². The second kappa shape index (κ2) is 8.39. The van der Waals surface area contributed by atoms with Crippen LogP contribution in [0.25, 0.3) is 5.78 Å². The van der Waals surface area contributed by atoms with Crippen molar-refractivity contribution in [1.29, 1.82) is 0 Å². The molecular formula is C16H22ClF3N6O. The topological polar surface area (TPSA) is 84.2 Å². The molecule has 1 aliphatic rings. The Morgan fingerprint density at radius 1 is 1.26 bits per heavy atom. The minimum Gasteiger partial charge on any atom is -0.353 e. The van der Waals surface area contributed by atoms with E-state index in [1.165, 1.54) is 0 Å². The molecule has 27 heavy (non-hydrogen) atoms. The van der Waals surface area contributed by atoms with Crippen molar-refractivity contribution >= 4 is 24.1 Å². The van der Waals surface area contributed by atoms with Crippen LogP contribution in [0.4, 0.5) is 13.2 Å². The van der Waals surface area contributed by atoms with Gasteiger partial charge in [-0.2, -0.15) is 18.2 Å². The van der Waals surface area contributed by atoms with Crippen LogP contribution in [0.2, 0.25) is 0 Å². The molecule has 0 bridgehead atoms. The van der Waals surface area contributed by atoms with Gasteiger partial charge in [0.25, 0.3) is 11.6 Å². The SMILES string of the molecule is Cc1nc2nc(C(F)(F)F)nn2c(C)c1CCC(=O)NC1CCNCC1.Cl. The van der Waals surface area contributed by atoms with Crippen molar-refractivity contribution in [3.8, 4) is 0 Å². The number of hydrogen-bond donors (Lipinski definition) is 2. The zero-order valence-corrected chi connectivity index (χ0v) is 15.9. The van der Waals surface area contributed by atoms with Crippen molar-refractivity contribution < 1.29 is 18.0 Å². The largest absolute Gasteiger partial charge is 0.453 e. The summed E-state index contributed by atoms with van der Waals surface area (Å²) in [5.41, 5.74) is 1.80. The lowest BCUT2D eigenvalue weighted by molar-refractivity contribution is -0.144. The van der Waals surface area contributed by atoms with E-state index in [1.807, 2.05) is 0 Å². The van der Waals surface area contributed by atoms with Crippen LogP contribution in [0, 0.1) is 13.8 Å². The van der Waals surface area contributed by atoms with E-state index < -0.39 is 12.0 Å². The number of rotatable bonds is 4. The van der Waals surface area contributed by atoms with E-state index in [-0.39, 0.29) is 36.6 Å². The molecule has 1 aliphatic heterocycles. The monoisotopic (exact) mass is 406 g/mol. The predicted octanol–water partition coefficient (Wildman–Crippen LogP) is 1.98. The van der Waals surface area contributed by atoms with Gasteiger partial charge in [0.05, 0.1) is 0 Å². The lowest BCUT2D eigenvalue weighted by Gasteiger charge is -2.23. The van der Waals surface area contributed by atoms with Gasteiger partial charge < -0.3 is 10.6 Å². The van der Waals surface area contributed by atoms with E-state index in [1.54, 1.807) is 13.8 Å². The minimum absolute atomic E-state index is 0. The summed E-state index contributed by atoms with van der Waals surface area (Å²) in [5, 5.41) is 9.76. The first kappa shape index (κ1) is 21.4. The summed E-state index contributed by atoms with van der Waals surface area (Å²) in [5.74, 6) is -1.37. The molecular weight excluding hydrogens is 385 g/mol. The van der Waals surface area contributed by atoms with Gasteiger partial charge in [-0.15, -0.1) is 17.5 Å². The molecule has 7 nitrogen and oxygen atoms in total. The number of aromatic nitrogens is 4. The molecule has 3 rings (SSSR count). The second-order valence-corrected chi connectivity index (χ2v) is 6.50. The molecule has 0 radical (unpaired) electrons. The van der Waals surface area contributed by atoms with Gasteiger partial charge in [-0.25, -0.2) is 9.50 Å². The highest BCUT2D eigenvalue weighted by Crippen LogP contribution is 2.27. The van der Waals surface area contributed by atoms with Crippen LogP contribution in [0.1, 0.15) is 42.0 Å². The van der Waals surface area contributed by atoms with E-state index in [0.717, 1.165) is 36.0 Å². The molecule has 11 heteroatoms. The van der Waals surface area contributed by atoms with Gasteiger partial charge in [-0.1, -0.05) is 0 Å². The predicted molar refractivity (Wildman–Crippen MR) is 94.9 cm³/mol. The van der Waals surface area contributed by atoms with Gasteiger partial charge in [0, 0.05) is 23.9 Å². The number of fused-ring (bicyclic) bond motifs is 1. The van der Waals surface area contributed by atoms with E-state index in [4.69, 9.17) is 0 Å². The van der Waals surface area contributed by atoms with Gasteiger partial charge in [0.15, 0.2) is 0 Å². The number of nitrogens with one attached hydrogen (secondary N) is 2. The number of aryl methyl sites for hydroxylation is 2. The van der Waals surface area contributed by atoms with Crippen LogP contribution >= 0.6 is 12.4 Å². The molecule has 1 amide bonds. The van der Waals surface area contributed by atoms with Crippen molar-refractivity contribution in [2.24, 2.45) is 0 Å². The Balaban J connectivity index is 0.00000261. The highest BCUT2D eigenvalue weighted by molar-refractivity contribution is 5.85. The molecule has 3 heterocycles. The first-order valence-electron chi connectivity index (χ1n) is 8.56. The number of nitrogens with zero attached hydrogens (tertiary/aromatic N) is 4. The van der Waals surface area contributed by atoms with Crippen LogP contribution in [0.15, 0.2) is 0 Å². The van der Waals surface area contributed by atoms with Crippen LogP contribution in [0.3, 0.4) is 0 Å². The summed E-state index contributed by atoms with van der Waals surface area (Å²) in [6.07, 6.45) is -2.19. The van der Waals surface area contributed by atoms with Gasteiger partial charge in [0.2, 0.25) is 5.91 Å². The molecule has 150 valence electrons. The highest BCUT2D eigenvalue weighted by Gasteiger charge is 2.37. The third-order valence-corrected chi connectivity index (χ3v) is 4.61. The Labute approximate surface area is 160 Å². The fourth-order valence-electron chi connectivity index (χ4n) is 3.19. The number of carbonyl (C=O) groups is 1. The molecule has 2 N–H and O–H groups in total. The molecule has 0 aliphatic carbocycles. The molecule has 2 aromatic heterocycles. The average Bonchev–Trinajstić information content (AvgIpc) is 3.00. The maximum absolute atomic E-state index is 12.8. The normalized spacial score (nSPS) is 15.6. The zero-order chi connectivity index (χ0) is 18.9. The maximum atomic E-state index is 12.8. The second-order valence-electron chi connectivity index (χ2n) is 6.50. The number of hydrogen-bond acceptors (Lipinski definition) is 5. The highest BCUT2D eigenvalue weighted by atomic mass is 35.5. The van der Waals surface area contributed by atoms with E-state index in [9.17, 15) is 18.0 Å². The molecule has 1 saturated heterocycles. The summed E-state index contributed by atoms with van der Waals surface area (Å²) < 4.78 is 39.5. The lowest BCUT2D eigenvalue weighted by Crippen LogP contribution is -2.42. The molecule has 0 spiro atoms. The quantitative estimate of drug-likeness (QED) is 0.811. The van der Waals surface area contributed by atoms with Crippen molar-refractivity contribution in [3.05, 3.63) is 22.8 Å². The Kier molecular flexibility index (Phi) is 6.63. The van der Waals surface area contributed by atoms with Crippen molar-refractivity contribution in [2.45, 2.75) is 51.7 Å². The van der Waals surface area contributed by atoms with Gasteiger partial charge in [-0.05, 0) is 51.8 Å². The van der Waals surface area contributed by atoms with E-state index in [2.05, 4.69) is 25.7 Å². The lowest BCUT2D eigenvalue weighted by atomic mass is 10.0. The van der Waals surface area contributed by atoms with Crippen molar-refractivity contribution in [3.63, 3.8) is 0 Å². The summed E-state index contributed by atoms with van der Waals surface area (Å²) in [7, 11) is 0. The Morgan fingerprint density at radius 3 is 2.56 bits per heavy atom. The minimum atomic E-state index is -4.62. The Morgan fingerprint density at radius 2 is 1.93 bits per heavy atom. The van der Waals surface area contributed by atoms with E-state index in [0.29, 0.717) is 17.8 Å². The molecule has 0 saturated carbocycles. The van der Waals surface area contributed by atoms with Crippen molar-refractivity contribution in [1.82, 2.24) is 30.2 Å². The first-order chi connectivity index (χ1) is 12.3. The number of amides is 1. The Hall–Kier alpha value is -1.94. The van der Waals surface area contributed by atoms with Crippen LogP contribution in [-0.2, 0) is 17.4 Å². The molecule has 2 aromatic rings. The molecule has 0 aromatic carbocycles. The summed E-state index contributed by atoms with van der Waals surface area (Å²) >= 11 is 0. The maximum Gasteiger partial charge on any atom is 0.453 e. The standard InChI is InChI=1S/C16H21F3N6O.ClH/c1-9-12(3-4-13(26)22-11-5-7-20-8-6-11)10(2)25-15(21-9)23-14(24-25)16(17,18)19;/h11,20H,3-8H2,1-2H3,(H,22,26);1H. The smallest absolute Gasteiger partial charge is 0.353 e. The average molecular weight is 407 g/mol. The summed E-state index contributed by atoms with van der Waals surface area (Å²) in [6.45, 7) is 5.14. The molecule has 0 atom stereocenters. The number of piperidine rings is 1. The van der Waals surface area contributed by atoms with Gasteiger partial charge in [0.1, 0.15) is 0 Å². The molecule has 0 unspecified atom stereocenters. The number of halogens is 4. The van der Waals surface area contributed by atoms with Gasteiger partial charge >= 0.3 is 6.18 Å². The number of alkyl halides is 3. The third-order valence-electron chi connectivity index (χ3n) is 4.61. The fraction of sp³-hybridized carbons (Fsp3) is 0.625. The van der Waals surface area contributed by atoms with Crippen LogP contribution in [-0.4, -0.2) is 44.6 Å². The third kappa shape index (κ3) is 4.86. The fourth-order valence-corrected chi connectivity index (χ4v) is 3.19. The van der Waals surface area contributed by atoms with Crippen LogP contribution in [0.5, 0.6) is 0 Å². The molecule has 1 fully saturated rings. The zero-order valence-electron chi connectivity index (χ0n) is 15.1. The summed E-state index contributed by atoms with van der Waals surface area (Å²) in [4.78, 5) is 19.7.